The number of sulfone groups is 1. The van der Waals surface area contributed by atoms with Gasteiger partial charge in [-0.15, -0.1) is 0 Å². The van der Waals surface area contributed by atoms with Crippen LogP contribution in [0.3, 0.4) is 0 Å². The summed E-state index contributed by atoms with van der Waals surface area (Å²) in [6.45, 7) is 1.83. The van der Waals surface area contributed by atoms with Crippen molar-refractivity contribution in [3.05, 3.63) is 83.3 Å². The fourth-order valence-corrected chi connectivity index (χ4v) is 4.10. The van der Waals surface area contributed by atoms with Crippen molar-refractivity contribution in [1.29, 1.82) is 0 Å². The normalized spacial score (nSPS) is 16.1. The third-order valence-electron chi connectivity index (χ3n) is 5.38. The number of nitrogens with zero attached hydrogens (tertiary/aromatic N) is 1. The minimum atomic E-state index is -3.37. The van der Waals surface area contributed by atoms with Gasteiger partial charge in [-0.3, -0.25) is 4.79 Å². The smallest absolute Gasteiger partial charge is 0.318 e. The summed E-state index contributed by atoms with van der Waals surface area (Å²) < 4.78 is 28.7. The molecule has 1 aliphatic heterocycles. The van der Waals surface area contributed by atoms with E-state index in [1.54, 1.807) is 4.90 Å². The molecule has 0 radical (unpaired) electrons. The summed E-state index contributed by atoms with van der Waals surface area (Å²) in [7, 11) is -3.37. The van der Waals surface area contributed by atoms with Crippen molar-refractivity contribution < 1.29 is 22.7 Å². The van der Waals surface area contributed by atoms with Gasteiger partial charge in [0, 0.05) is 31.2 Å². The Hall–Kier alpha value is -3.17. The number of carbonyl (C=O) groups is 2. The quantitative estimate of drug-likeness (QED) is 0.565. The predicted octanol–water partition coefficient (Wildman–Crippen LogP) is 1.93. The van der Waals surface area contributed by atoms with Crippen molar-refractivity contribution in [1.82, 2.24) is 15.5 Å². The maximum Gasteiger partial charge on any atom is 0.318 e. The standard InChI is InChI=1S/C25H31N3O5S/c1-34(31,32)17-12-22(18-20-8-4-2-5-9-20)26-24(29)23(19-21-10-6-3-7-11-21)27-25(30)28-13-15-33-16-14-28/h2-12,17,22-23H,13-16,18-19H2,1H3,(H,26,29)(H,27,30)/b17-12+/t22-,23?/m1/s1. The van der Waals surface area contributed by atoms with E-state index in [1.165, 1.54) is 6.08 Å². The van der Waals surface area contributed by atoms with Crippen molar-refractivity contribution in [3.63, 3.8) is 0 Å². The highest BCUT2D eigenvalue weighted by Crippen LogP contribution is 2.09. The van der Waals surface area contributed by atoms with Crippen molar-refractivity contribution in [2.45, 2.75) is 24.9 Å². The first-order valence-corrected chi connectivity index (χ1v) is 13.2. The minimum Gasteiger partial charge on any atom is -0.378 e. The monoisotopic (exact) mass is 485 g/mol. The molecule has 2 aromatic rings. The Morgan fingerprint density at radius 1 is 0.941 bits per heavy atom. The number of ether oxygens (including phenoxy) is 1. The molecule has 34 heavy (non-hydrogen) atoms. The summed E-state index contributed by atoms with van der Waals surface area (Å²) in [5.74, 6) is -0.385. The highest BCUT2D eigenvalue weighted by atomic mass is 32.2. The average Bonchev–Trinajstić information content (AvgIpc) is 2.83. The van der Waals surface area contributed by atoms with Gasteiger partial charge < -0.3 is 20.3 Å². The van der Waals surface area contributed by atoms with Gasteiger partial charge in [0.15, 0.2) is 9.84 Å². The van der Waals surface area contributed by atoms with E-state index in [-0.39, 0.29) is 11.9 Å². The molecule has 3 rings (SSSR count). The molecule has 182 valence electrons. The Morgan fingerprint density at radius 2 is 1.50 bits per heavy atom. The first kappa shape index (κ1) is 25.5. The number of urea groups is 1. The van der Waals surface area contributed by atoms with Crippen LogP contribution in [0.1, 0.15) is 11.1 Å². The van der Waals surface area contributed by atoms with E-state index in [2.05, 4.69) is 10.6 Å². The molecular formula is C25H31N3O5S. The van der Waals surface area contributed by atoms with Gasteiger partial charge in [-0.1, -0.05) is 66.7 Å². The highest BCUT2D eigenvalue weighted by molar-refractivity contribution is 7.93. The van der Waals surface area contributed by atoms with Gasteiger partial charge in [-0.05, 0) is 17.5 Å². The molecule has 2 aromatic carbocycles. The van der Waals surface area contributed by atoms with E-state index in [0.29, 0.717) is 39.1 Å². The molecule has 1 fully saturated rings. The van der Waals surface area contributed by atoms with Crippen LogP contribution >= 0.6 is 0 Å². The molecule has 1 heterocycles. The Labute approximate surface area is 200 Å². The molecule has 0 aliphatic carbocycles. The van der Waals surface area contributed by atoms with Crippen LogP contribution in [0.5, 0.6) is 0 Å². The highest BCUT2D eigenvalue weighted by Gasteiger charge is 2.26. The molecule has 2 atom stereocenters. The third kappa shape index (κ3) is 8.64. The number of amides is 3. The second-order valence-corrected chi connectivity index (χ2v) is 10.2. The van der Waals surface area contributed by atoms with Gasteiger partial charge in [0.2, 0.25) is 5.91 Å². The topological polar surface area (TPSA) is 105 Å². The second kappa shape index (κ2) is 12.3. The third-order valence-corrected chi connectivity index (χ3v) is 6.03. The van der Waals surface area contributed by atoms with E-state index in [0.717, 1.165) is 22.8 Å². The summed E-state index contributed by atoms with van der Waals surface area (Å²) in [6, 6.07) is 17.2. The lowest BCUT2D eigenvalue weighted by atomic mass is 10.0. The number of carbonyl (C=O) groups excluding carboxylic acids is 2. The molecule has 0 bridgehead atoms. The lowest BCUT2D eigenvalue weighted by Crippen LogP contribution is -2.55. The van der Waals surface area contributed by atoms with E-state index in [4.69, 9.17) is 4.74 Å². The Bertz CT molecular complexity index is 1070. The summed E-state index contributed by atoms with van der Waals surface area (Å²) in [4.78, 5) is 27.8. The Balaban J connectivity index is 1.77. The number of rotatable bonds is 9. The zero-order valence-corrected chi connectivity index (χ0v) is 20.0. The molecule has 9 heteroatoms. The first-order chi connectivity index (χ1) is 16.3. The van der Waals surface area contributed by atoms with Crippen LogP contribution in [0.2, 0.25) is 0 Å². The predicted molar refractivity (Wildman–Crippen MR) is 131 cm³/mol. The largest absolute Gasteiger partial charge is 0.378 e. The lowest BCUT2D eigenvalue weighted by Gasteiger charge is -2.29. The van der Waals surface area contributed by atoms with Crippen LogP contribution in [0.15, 0.2) is 72.1 Å². The molecule has 8 nitrogen and oxygen atoms in total. The molecule has 1 aliphatic rings. The van der Waals surface area contributed by atoms with Crippen molar-refractivity contribution >= 4 is 21.8 Å². The summed E-state index contributed by atoms with van der Waals surface area (Å²) >= 11 is 0. The van der Waals surface area contributed by atoms with Crippen LogP contribution in [-0.4, -0.2) is 69.9 Å². The fraction of sp³-hybridized carbons (Fsp3) is 0.360. The molecule has 3 amide bonds. The van der Waals surface area contributed by atoms with E-state index in [9.17, 15) is 18.0 Å². The zero-order chi connectivity index (χ0) is 24.4. The fourth-order valence-electron chi connectivity index (χ4n) is 3.62. The van der Waals surface area contributed by atoms with Crippen molar-refractivity contribution in [2.24, 2.45) is 0 Å². The number of benzene rings is 2. The van der Waals surface area contributed by atoms with Gasteiger partial charge in [-0.25, -0.2) is 13.2 Å². The van der Waals surface area contributed by atoms with Gasteiger partial charge in [0.25, 0.3) is 0 Å². The van der Waals surface area contributed by atoms with Gasteiger partial charge in [0.05, 0.1) is 19.3 Å². The van der Waals surface area contributed by atoms with Crippen molar-refractivity contribution in [3.8, 4) is 0 Å². The maximum absolute atomic E-state index is 13.3. The van der Waals surface area contributed by atoms with Gasteiger partial charge in [0.1, 0.15) is 6.04 Å². The van der Waals surface area contributed by atoms with Gasteiger partial charge in [-0.2, -0.15) is 0 Å². The van der Waals surface area contributed by atoms with Gasteiger partial charge >= 0.3 is 6.03 Å². The lowest BCUT2D eigenvalue weighted by molar-refractivity contribution is -0.123. The van der Waals surface area contributed by atoms with Crippen molar-refractivity contribution in [2.75, 3.05) is 32.6 Å². The summed E-state index contributed by atoms with van der Waals surface area (Å²) in [6.07, 6.45) is 3.29. The molecule has 1 unspecified atom stereocenters. The van der Waals surface area contributed by atoms with Crippen LogP contribution in [0.4, 0.5) is 4.79 Å². The molecule has 0 spiro atoms. The number of nitrogens with one attached hydrogen (secondary N) is 2. The molecular weight excluding hydrogens is 454 g/mol. The zero-order valence-electron chi connectivity index (χ0n) is 19.2. The average molecular weight is 486 g/mol. The summed E-state index contributed by atoms with van der Waals surface area (Å²) in [5, 5.41) is 6.87. The van der Waals surface area contributed by atoms with Crippen LogP contribution < -0.4 is 10.6 Å². The first-order valence-electron chi connectivity index (χ1n) is 11.2. The molecule has 0 saturated carbocycles. The Morgan fingerprint density at radius 3 is 2.06 bits per heavy atom. The van der Waals surface area contributed by atoms with E-state index in [1.807, 2.05) is 60.7 Å². The summed E-state index contributed by atoms with van der Waals surface area (Å²) in [5.41, 5.74) is 1.85. The molecule has 2 N–H and O–H groups in total. The number of hydrogen-bond acceptors (Lipinski definition) is 5. The second-order valence-electron chi connectivity index (χ2n) is 8.25. The van der Waals surface area contributed by atoms with Crippen LogP contribution in [0.25, 0.3) is 0 Å². The van der Waals surface area contributed by atoms with E-state index >= 15 is 0 Å². The van der Waals surface area contributed by atoms with E-state index < -0.39 is 21.9 Å². The Kier molecular flexibility index (Phi) is 9.24. The number of hydrogen-bond donors (Lipinski definition) is 2. The minimum absolute atomic E-state index is 0.302. The maximum atomic E-state index is 13.3. The molecule has 1 saturated heterocycles. The number of morpholine rings is 1. The van der Waals surface area contributed by atoms with Crippen LogP contribution in [0, 0.1) is 0 Å². The van der Waals surface area contributed by atoms with Crippen LogP contribution in [-0.2, 0) is 32.2 Å². The SMILES string of the molecule is CS(=O)(=O)/C=C/[C@H](Cc1ccccc1)NC(=O)C(Cc1ccccc1)NC(=O)N1CCOCC1. The molecule has 0 aromatic heterocycles.